The number of hydrogen-bond acceptors (Lipinski definition) is 3. The van der Waals surface area contributed by atoms with E-state index < -0.39 is 0 Å². The van der Waals surface area contributed by atoms with Gasteiger partial charge in [0.25, 0.3) is 0 Å². The number of allylic oxidation sites excluding steroid dienone is 6. The molecule has 1 unspecified atom stereocenters. The van der Waals surface area contributed by atoms with E-state index in [1.54, 1.807) is 0 Å². The van der Waals surface area contributed by atoms with Crippen LogP contribution in [0.15, 0.2) is 48.6 Å². The highest BCUT2D eigenvalue weighted by molar-refractivity contribution is 5.49. The van der Waals surface area contributed by atoms with E-state index in [2.05, 4.69) is 49.5 Å². The first kappa shape index (κ1) is 22.6. The molecular weight excluding hydrogens is 300 g/mol. The zero-order valence-corrected chi connectivity index (χ0v) is 15.4. The molecule has 0 saturated carbocycles. The van der Waals surface area contributed by atoms with Crippen LogP contribution in [0.4, 0.5) is 0 Å². The van der Waals surface area contributed by atoms with E-state index in [0.717, 1.165) is 38.4 Å². The fourth-order valence-corrected chi connectivity index (χ4v) is 1.94. The largest absolute Gasteiger partial charge is 0.352 e. The maximum Gasteiger partial charge on any atom is 0.158 e. The lowest BCUT2D eigenvalue weighted by Gasteiger charge is -2.17. The summed E-state index contributed by atoms with van der Waals surface area (Å²) in [6.45, 7) is 5.39. The topological polar surface area (TPSA) is 35.5 Å². The van der Waals surface area contributed by atoms with Crippen molar-refractivity contribution in [2.24, 2.45) is 0 Å². The predicted octanol–water partition coefficient (Wildman–Crippen LogP) is 5.54. The average molecular weight is 335 g/mol. The van der Waals surface area contributed by atoms with Gasteiger partial charge in [-0.05, 0) is 39.0 Å². The Kier molecular flexibility index (Phi) is 18.4. The standard InChI is InChI=1S/C21H34O3/c1-3-5-7-9-11-13-15-20-24-21(17-16-18-22)23-19-14-12-10-8-6-4-2/h4-7,10-13,18,21H,3,8-9,14-17,19-20H2,1-2H3/b6-4+,7-5+,12-10+,13-11+. The Morgan fingerprint density at radius 3 is 1.92 bits per heavy atom. The van der Waals surface area contributed by atoms with E-state index in [1.807, 2.05) is 13.0 Å². The summed E-state index contributed by atoms with van der Waals surface area (Å²) in [6, 6.07) is 0. The molecule has 0 spiro atoms. The maximum atomic E-state index is 10.5. The van der Waals surface area contributed by atoms with Crippen LogP contribution in [-0.4, -0.2) is 25.8 Å². The molecule has 0 radical (unpaired) electrons. The summed E-state index contributed by atoms with van der Waals surface area (Å²) in [6.07, 6.45) is 23.5. The fraction of sp³-hybridized carbons (Fsp3) is 0.571. The summed E-state index contributed by atoms with van der Waals surface area (Å²) in [7, 11) is 0. The molecular formula is C21H34O3. The van der Waals surface area contributed by atoms with Crippen molar-refractivity contribution in [3.63, 3.8) is 0 Å². The number of rotatable bonds is 16. The van der Waals surface area contributed by atoms with Gasteiger partial charge in [-0.1, -0.05) is 55.5 Å². The summed E-state index contributed by atoms with van der Waals surface area (Å²) in [5.41, 5.74) is 0. The Bertz CT molecular complexity index is 381. The molecule has 0 bridgehead atoms. The molecule has 0 saturated heterocycles. The highest BCUT2D eigenvalue weighted by atomic mass is 16.7. The van der Waals surface area contributed by atoms with Crippen LogP contribution in [0.2, 0.25) is 0 Å². The molecule has 0 rings (SSSR count). The van der Waals surface area contributed by atoms with E-state index in [9.17, 15) is 4.79 Å². The average Bonchev–Trinajstić information content (AvgIpc) is 2.60. The summed E-state index contributed by atoms with van der Waals surface area (Å²) in [5.74, 6) is 0. The number of hydrogen-bond donors (Lipinski definition) is 0. The Hall–Kier alpha value is -1.45. The first-order valence-corrected chi connectivity index (χ1v) is 9.08. The predicted molar refractivity (Wildman–Crippen MR) is 102 cm³/mol. The molecule has 136 valence electrons. The molecule has 3 heteroatoms. The van der Waals surface area contributed by atoms with Gasteiger partial charge in [-0.25, -0.2) is 0 Å². The first-order valence-electron chi connectivity index (χ1n) is 9.08. The number of aldehydes is 1. The molecule has 0 aliphatic rings. The van der Waals surface area contributed by atoms with E-state index in [1.165, 1.54) is 0 Å². The smallest absolute Gasteiger partial charge is 0.158 e. The molecule has 0 aromatic heterocycles. The van der Waals surface area contributed by atoms with E-state index >= 15 is 0 Å². The second kappa shape index (κ2) is 19.6. The molecule has 0 aromatic rings. The van der Waals surface area contributed by atoms with Crippen molar-refractivity contribution in [3.8, 4) is 0 Å². The van der Waals surface area contributed by atoms with Crippen molar-refractivity contribution >= 4 is 6.29 Å². The first-order chi connectivity index (χ1) is 11.8. The van der Waals surface area contributed by atoms with Crippen LogP contribution in [0.3, 0.4) is 0 Å². The minimum absolute atomic E-state index is 0.285. The monoisotopic (exact) mass is 334 g/mol. The highest BCUT2D eigenvalue weighted by Crippen LogP contribution is 2.06. The Morgan fingerprint density at radius 1 is 0.792 bits per heavy atom. The molecule has 0 heterocycles. The van der Waals surface area contributed by atoms with Crippen molar-refractivity contribution in [3.05, 3.63) is 48.6 Å². The van der Waals surface area contributed by atoms with Gasteiger partial charge in [0.15, 0.2) is 6.29 Å². The second-order valence-corrected chi connectivity index (χ2v) is 5.36. The molecule has 0 amide bonds. The van der Waals surface area contributed by atoms with Crippen molar-refractivity contribution in [2.45, 2.75) is 65.1 Å². The van der Waals surface area contributed by atoms with Crippen LogP contribution in [0.1, 0.15) is 58.8 Å². The molecule has 0 aromatic carbocycles. The van der Waals surface area contributed by atoms with Crippen molar-refractivity contribution in [2.75, 3.05) is 13.2 Å². The quantitative estimate of drug-likeness (QED) is 0.161. The zero-order valence-electron chi connectivity index (χ0n) is 15.4. The van der Waals surface area contributed by atoms with Gasteiger partial charge in [-0.15, -0.1) is 0 Å². The van der Waals surface area contributed by atoms with Gasteiger partial charge in [0, 0.05) is 12.8 Å². The van der Waals surface area contributed by atoms with Crippen molar-refractivity contribution in [1.82, 2.24) is 0 Å². The summed E-state index contributed by atoms with van der Waals surface area (Å²) in [4.78, 5) is 10.5. The lowest BCUT2D eigenvalue weighted by atomic mass is 10.3. The lowest BCUT2D eigenvalue weighted by Crippen LogP contribution is -2.18. The van der Waals surface area contributed by atoms with Crippen molar-refractivity contribution in [1.29, 1.82) is 0 Å². The molecule has 24 heavy (non-hydrogen) atoms. The van der Waals surface area contributed by atoms with Gasteiger partial charge in [0.05, 0.1) is 13.2 Å². The van der Waals surface area contributed by atoms with E-state index in [0.29, 0.717) is 26.1 Å². The Labute approximate surface area is 148 Å². The Morgan fingerprint density at radius 2 is 1.38 bits per heavy atom. The summed E-state index contributed by atoms with van der Waals surface area (Å²) >= 11 is 0. The number of ether oxygens (including phenoxy) is 2. The SMILES string of the molecule is C/C=C/C/C=C/CCOC(CCC=O)OCC/C=C/C/C=C/CC. The van der Waals surface area contributed by atoms with Gasteiger partial charge >= 0.3 is 0 Å². The highest BCUT2D eigenvalue weighted by Gasteiger charge is 2.07. The van der Waals surface area contributed by atoms with E-state index in [-0.39, 0.29) is 6.29 Å². The lowest BCUT2D eigenvalue weighted by molar-refractivity contribution is -0.146. The third-order valence-electron chi connectivity index (χ3n) is 3.21. The van der Waals surface area contributed by atoms with Crippen LogP contribution in [-0.2, 0) is 14.3 Å². The van der Waals surface area contributed by atoms with Gasteiger partial charge in [0.2, 0.25) is 0 Å². The summed E-state index contributed by atoms with van der Waals surface area (Å²) in [5, 5.41) is 0. The molecule has 0 aliphatic carbocycles. The van der Waals surface area contributed by atoms with E-state index in [4.69, 9.17) is 9.47 Å². The summed E-state index contributed by atoms with van der Waals surface area (Å²) < 4.78 is 11.5. The second-order valence-electron chi connectivity index (χ2n) is 5.36. The van der Waals surface area contributed by atoms with Crippen LogP contribution in [0, 0.1) is 0 Å². The van der Waals surface area contributed by atoms with Crippen LogP contribution in [0.5, 0.6) is 0 Å². The third kappa shape index (κ3) is 16.9. The fourth-order valence-electron chi connectivity index (χ4n) is 1.94. The molecule has 0 fully saturated rings. The third-order valence-corrected chi connectivity index (χ3v) is 3.21. The minimum Gasteiger partial charge on any atom is -0.352 e. The number of carbonyl (C=O) groups excluding carboxylic acids is 1. The van der Waals surface area contributed by atoms with Crippen LogP contribution >= 0.6 is 0 Å². The normalized spacial score (nSPS) is 13.8. The van der Waals surface area contributed by atoms with Gasteiger partial charge < -0.3 is 14.3 Å². The maximum absolute atomic E-state index is 10.5. The zero-order chi connectivity index (χ0) is 17.7. The van der Waals surface area contributed by atoms with Gasteiger partial charge in [0.1, 0.15) is 6.29 Å². The molecule has 0 N–H and O–H groups in total. The Balaban J connectivity index is 3.85. The number of carbonyl (C=O) groups is 1. The van der Waals surface area contributed by atoms with Crippen LogP contribution in [0.25, 0.3) is 0 Å². The molecule has 3 nitrogen and oxygen atoms in total. The van der Waals surface area contributed by atoms with Crippen LogP contribution < -0.4 is 0 Å². The van der Waals surface area contributed by atoms with Crippen molar-refractivity contribution < 1.29 is 14.3 Å². The molecule has 1 atom stereocenters. The minimum atomic E-state index is -0.285. The van der Waals surface area contributed by atoms with Gasteiger partial charge in [-0.3, -0.25) is 0 Å². The molecule has 0 aliphatic heterocycles. The van der Waals surface area contributed by atoms with Gasteiger partial charge in [-0.2, -0.15) is 0 Å².